The zero-order chi connectivity index (χ0) is 15.3. The van der Waals surface area contributed by atoms with E-state index >= 15 is 0 Å². The summed E-state index contributed by atoms with van der Waals surface area (Å²) in [4.78, 5) is 12.8. The Labute approximate surface area is 119 Å². The van der Waals surface area contributed by atoms with Crippen molar-refractivity contribution in [3.05, 3.63) is 29.6 Å². The van der Waals surface area contributed by atoms with Gasteiger partial charge in [0.05, 0.1) is 13.7 Å². The normalized spacial score (nSPS) is 14.1. The van der Waals surface area contributed by atoms with Crippen LogP contribution in [0.3, 0.4) is 0 Å². The number of rotatable bonds is 7. The van der Waals surface area contributed by atoms with Gasteiger partial charge in [-0.15, -0.1) is 0 Å². The summed E-state index contributed by atoms with van der Waals surface area (Å²) in [6.45, 7) is 5.58. The summed E-state index contributed by atoms with van der Waals surface area (Å²) >= 11 is 0. The molecule has 0 radical (unpaired) electrons. The van der Waals surface area contributed by atoms with E-state index in [1.54, 1.807) is 24.0 Å². The average Bonchev–Trinajstić information content (AvgIpc) is 2.42. The van der Waals surface area contributed by atoms with E-state index in [0.717, 1.165) is 6.42 Å². The zero-order valence-corrected chi connectivity index (χ0v) is 12.4. The van der Waals surface area contributed by atoms with Crippen LogP contribution in [0.4, 0.5) is 4.39 Å². The van der Waals surface area contributed by atoms with Gasteiger partial charge in [0.25, 0.3) is 0 Å². The third kappa shape index (κ3) is 3.70. The molecule has 112 valence electrons. The Balaban J connectivity index is 3.17. The van der Waals surface area contributed by atoms with Crippen LogP contribution < -0.4 is 4.74 Å². The number of carboxylic acids is 1. The average molecular weight is 283 g/mol. The van der Waals surface area contributed by atoms with Gasteiger partial charge in [-0.2, -0.15) is 0 Å². The highest BCUT2D eigenvalue weighted by Gasteiger charge is 2.27. The molecule has 0 saturated heterocycles. The quantitative estimate of drug-likeness (QED) is 0.835. The molecule has 0 bridgehead atoms. The Bertz CT molecular complexity index is 464. The van der Waals surface area contributed by atoms with Gasteiger partial charge in [0.2, 0.25) is 0 Å². The van der Waals surface area contributed by atoms with E-state index in [4.69, 9.17) is 9.84 Å². The molecule has 5 heteroatoms. The number of carbonyl (C=O) groups is 1. The lowest BCUT2D eigenvalue weighted by molar-refractivity contribution is -0.139. The van der Waals surface area contributed by atoms with E-state index in [1.165, 1.54) is 13.2 Å². The summed E-state index contributed by atoms with van der Waals surface area (Å²) in [6.07, 6.45) is 0.786. The predicted octanol–water partition coefficient (Wildman–Crippen LogP) is 3.08. The molecule has 1 aromatic rings. The minimum atomic E-state index is -0.924. The van der Waals surface area contributed by atoms with Crippen molar-refractivity contribution in [2.24, 2.45) is 0 Å². The lowest BCUT2D eigenvalue weighted by Gasteiger charge is -2.33. The number of aliphatic carboxylic acids is 1. The number of carboxylic acid groups (broad SMARTS) is 1. The van der Waals surface area contributed by atoms with Crippen molar-refractivity contribution >= 4 is 5.97 Å². The summed E-state index contributed by atoms with van der Waals surface area (Å²) in [5.74, 6) is -0.862. The lowest BCUT2D eigenvalue weighted by atomic mass is 10.0. The standard InChI is InChI=1S/C15H22FNO3/c1-5-10(2)17(9-14(18)19)11(3)15-12(16)7-6-8-13(15)20-4/h6-8,10-11H,5,9H2,1-4H3,(H,18,19). The minimum Gasteiger partial charge on any atom is -0.496 e. The molecule has 0 fully saturated rings. The SMILES string of the molecule is CCC(C)N(CC(=O)O)C(C)c1c(F)cccc1OC. The molecule has 0 heterocycles. The molecule has 4 nitrogen and oxygen atoms in total. The van der Waals surface area contributed by atoms with Crippen LogP contribution in [0.2, 0.25) is 0 Å². The molecular weight excluding hydrogens is 261 g/mol. The fraction of sp³-hybridized carbons (Fsp3) is 0.533. The van der Waals surface area contributed by atoms with Crippen molar-refractivity contribution in [1.29, 1.82) is 0 Å². The van der Waals surface area contributed by atoms with E-state index in [-0.39, 0.29) is 24.4 Å². The van der Waals surface area contributed by atoms with Crippen molar-refractivity contribution in [1.82, 2.24) is 4.90 Å². The summed E-state index contributed by atoms with van der Waals surface area (Å²) in [7, 11) is 1.48. The molecule has 0 aliphatic carbocycles. The van der Waals surface area contributed by atoms with Crippen LogP contribution in [0, 0.1) is 5.82 Å². The maximum absolute atomic E-state index is 14.1. The Morgan fingerprint density at radius 2 is 2.10 bits per heavy atom. The van der Waals surface area contributed by atoms with Crippen LogP contribution in [-0.4, -0.2) is 35.7 Å². The van der Waals surface area contributed by atoms with Gasteiger partial charge in [0.15, 0.2) is 0 Å². The number of nitrogens with zero attached hydrogens (tertiary/aromatic N) is 1. The van der Waals surface area contributed by atoms with Crippen molar-refractivity contribution in [2.45, 2.75) is 39.3 Å². The van der Waals surface area contributed by atoms with Crippen LogP contribution in [-0.2, 0) is 4.79 Å². The molecule has 0 saturated carbocycles. The Morgan fingerprint density at radius 3 is 2.60 bits per heavy atom. The number of hydrogen-bond donors (Lipinski definition) is 1. The van der Waals surface area contributed by atoms with Crippen LogP contribution in [0.15, 0.2) is 18.2 Å². The second kappa shape index (κ2) is 7.24. The molecular formula is C15H22FNO3. The molecule has 0 amide bonds. The molecule has 2 unspecified atom stereocenters. The Hall–Kier alpha value is -1.62. The van der Waals surface area contributed by atoms with Crippen molar-refractivity contribution in [3.63, 3.8) is 0 Å². The summed E-state index contributed by atoms with van der Waals surface area (Å²) in [5.41, 5.74) is 0.400. The fourth-order valence-corrected chi connectivity index (χ4v) is 2.33. The lowest BCUT2D eigenvalue weighted by Crippen LogP contribution is -2.39. The van der Waals surface area contributed by atoms with Gasteiger partial charge in [0.1, 0.15) is 11.6 Å². The number of methoxy groups -OCH3 is 1. The first-order valence-electron chi connectivity index (χ1n) is 6.72. The number of hydrogen-bond acceptors (Lipinski definition) is 3. The molecule has 0 aromatic heterocycles. The maximum atomic E-state index is 14.1. The highest BCUT2D eigenvalue weighted by atomic mass is 19.1. The van der Waals surface area contributed by atoms with Gasteiger partial charge >= 0.3 is 5.97 Å². The zero-order valence-electron chi connectivity index (χ0n) is 12.4. The minimum absolute atomic E-state index is 0.0328. The van der Waals surface area contributed by atoms with Gasteiger partial charge in [-0.1, -0.05) is 13.0 Å². The third-order valence-corrected chi connectivity index (χ3v) is 3.62. The highest BCUT2D eigenvalue weighted by Crippen LogP contribution is 2.32. The van der Waals surface area contributed by atoms with Gasteiger partial charge < -0.3 is 9.84 Å². The molecule has 0 aliphatic heterocycles. The fourth-order valence-electron chi connectivity index (χ4n) is 2.33. The predicted molar refractivity (Wildman–Crippen MR) is 75.5 cm³/mol. The molecule has 0 spiro atoms. The Morgan fingerprint density at radius 1 is 1.45 bits per heavy atom. The first-order valence-corrected chi connectivity index (χ1v) is 6.72. The van der Waals surface area contributed by atoms with Crippen molar-refractivity contribution in [2.75, 3.05) is 13.7 Å². The second-order valence-electron chi connectivity index (χ2n) is 4.86. The van der Waals surface area contributed by atoms with Crippen LogP contribution in [0.25, 0.3) is 0 Å². The molecule has 0 aliphatic rings. The third-order valence-electron chi connectivity index (χ3n) is 3.62. The summed E-state index contributed by atoms with van der Waals surface area (Å²) < 4.78 is 19.3. The molecule has 1 rings (SSSR count). The molecule has 1 aromatic carbocycles. The van der Waals surface area contributed by atoms with Crippen molar-refractivity contribution in [3.8, 4) is 5.75 Å². The van der Waals surface area contributed by atoms with E-state index in [0.29, 0.717) is 11.3 Å². The van der Waals surface area contributed by atoms with Crippen LogP contribution in [0.5, 0.6) is 5.75 Å². The first kappa shape index (κ1) is 16.4. The highest BCUT2D eigenvalue weighted by molar-refractivity contribution is 5.69. The number of halogens is 1. The van der Waals surface area contributed by atoms with E-state index < -0.39 is 5.97 Å². The summed E-state index contributed by atoms with van der Waals surface area (Å²) in [6, 6.07) is 4.28. The monoisotopic (exact) mass is 283 g/mol. The smallest absolute Gasteiger partial charge is 0.317 e. The molecule has 2 atom stereocenters. The maximum Gasteiger partial charge on any atom is 0.317 e. The first-order chi connectivity index (χ1) is 9.42. The number of benzene rings is 1. The molecule has 1 N–H and O–H groups in total. The van der Waals surface area contributed by atoms with Gasteiger partial charge in [0, 0.05) is 17.6 Å². The largest absolute Gasteiger partial charge is 0.496 e. The van der Waals surface area contributed by atoms with E-state index in [1.807, 2.05) is 13.8 Å². The molecule has 20 heavy (non-hydrogen) atoms. The number of ether oxygens (including phenoxy) is 1. The van der Waals surface area contributed by atoms with Crippen LogP contribution in [0.1, 0.15) is 38.8 Å². The van der Waals surface area contributed by atoms with E-state index in [2.05, 4.69) is 0 Å². The van der Waals surface area contributed by atoms with Gasteiger partial charge in [-0.05, 0) is 32.4 Å². The van der Waals surface area contributed by atoms with Gasteiger partial charge in [-0.25, -0.2) is 4.39 Å². The van der Waals surface area contributed by atoms with Gasteiger partial charge in [-0.3, -0.25) is 9.69 Å². The second-order valence-corrected chi connectivity index (χ2v) is 4.86. The Kier molecular flexibility index (Phi) is 5.95. The van der Waals surface area contributed by atoms with E-state index in [9.17, 15) is 9.18 Å². The van der Waals surface area contributed by atoms with Crippen LogP contribution >= 0.6 is 0 Å². The summed E-state index contributed by atoms with van der Waals surface area (Å²) in [5, 5.41) is 9.05. The van der Waals surface area contributed by atoms with Crippen molar-refractivity contribution < 1.29 is 19.0 Å². The topological polar surface area (TPSA) is 49.8 Å².